The number of halogens is 6. The Kier molecular flexibility index (Phi) is 8.90. The zero-order chi connectivity index (χ0) is 31.0. The first-order valence-corrected chi connectivity index (χ1v) is 14.9. The predicted octanol–water partition coefficient (Wildman–Crippen LogP) is 6.94. The van der Waals surface area contributed by atoms with Crippen LogP contribution in [-0.4, -0.2) is 49.3 Å². The average Bonchev–Trinajstić information content (AvgIpc) is 3.24. The number of esters is 1. The SMILES string of the molecule is CCOC(=O)C1(C)CCCN(CC2CC3(c4ccccc4)NC2CCC3OCc2cc(C(F)(F)F)cc(C(F)(F)F)c2)C1. The normalized spacial score (nSPS) is 29.9. The van der Waals surface area contributed by atoms with E-state index in [2.05, 4.69) is 10.2 Å². The van der Waals surface area contributed by atoms with Crippen LogP contribution in [0.2, 0.25) is 0 Å². The van der Waals surface area contributed by atoms with Crippen LogP contribution in [0.4, 0.5) is 26.3 Å². The average molecular weight is 613 g/mol. The van der Waals surface area contributed by atoms with Gasteiger partial charge in [0.25, 0.3) is 0 Å². The number of alkyl halides is 6. The molecule has 5 atom stereocenters. The van der Waals surface area contributed by atoms with Gasteiger partial charge in [0.05, 0.1) is 41.4 Å². The van der Waals surface area contributed by atoms with Gasteiger partial charge in [-0.3, -0.25) is 4.79 Å². The van der Waals surface area contributed by atoms with E-state index >= 15 is 0 Å². The third-order valence-electron chi connectivity index (χ3n) is 9.31. The molecule has 3 aliphatic rings. The zero-order valence-electron chi connectivity index (χ0n) is 24.4. The third-order valence-corrected chi connectivity index (χ3v) is 9.31. The molecule has 5 unspecified atom stereocenters. The van der Waals surface area contributed by atoms with Crippen molar-refractivity contribution in [3.05, 3.63) is 70.8 Å². The van der Waals surface area contributed by atoms with E-state index in [9.17, 15) is 31.1 Å². The molecule has 3 heterocycles. The van der Waals surface area contributed by atoms with Gasteiger partial charge in [-0.15, -0.1) is 0 Å². The van der Waals surface area contributed by atoms with E-state index < -0.39 is 40.5 Å². The second-order valence-electron chi connectivity index (χ2n) is 12.5. The highest BCUT2D eigenvalue weighted by Gasteiger charge is 2.55. The van der Waals surface area contributed by atoms with Crippen molar-refractivity contribution >= 4 is 5.97 Å². The van der Waals surface area contributed by atoms with Crippen LogP contribution >= 0.6 is 0 Å². The van der Waals surface area contributed by atoms with Gasteiger partial charge in [0, 0.05) is 19.1 Å². The van der Waals surface area contributed by atoms with Gasteiger partial charge in [-0.05, 0) is 87.7 Å². The molecule has 2 aromatic carbocycles. The minimum atomic E-state index is -4.92. The van der Waals surface area contributed by atoms with E-state index in [0.717, 1.165) is 50.0 Å². The molecular weight excluding hydrogens is 574 g/mol. The summed E-state index contributed by atoms with van der Waals surface area (Å²) in [5, 5.41) is 3.78. The quantitative estimate of drug-likeness (QED) is 0.259. The molecule has 11 heteroatoms. The van der Waals surface area contributed by atoms with Crippen LogP contribution in [0, 0.1) is 11.3 Å². The number of carbonyl (C=O) groups excluding carboxylic acids is 1. The van der Waals surface area contributed by atoms with Crippen LogP contribution in [0.3, 0.4) is 0 Å². The van der Waals surface area contributed by atoms with Crippen LogP contribution < -0.4 is 5.32 Å². The molecule has 2 bridgehead atoms. The van der Waals surface area contributed by atoms with E-state index in [1.54, 1.807) is 6.92 Å². The molecule has 3 fully saturated rings. The Morgan fingerprint density at radius 2 is 1.70 bits per heavy atom. The summed E-state index contributed by atoms with van der Waals surface area (Å²) in [4.78, 5) is 15.0. The summed E-state index contributed by atoms with van der Waals surface area (Å²) < 4.78 is 92.3. The topological polar surface area (TPSA) is 50.8 Å². The lowest BCUT2D eigenvalue weighted by molar-refractivity contribution is -0.158. The lowest BCUT2D eigenvalue weighted by Crippen LogP contribution is -2.54. The van der Waals surface area contributed by atoms with Gasteiger partial charge in [0.2, 0.25) is 0 Å². The minimum absolute atomic E-state index is 0.136. The first kappa shape index (κ1) is 31.8. The Hall–Kier alpha value is -2.63. The lowest BCUT2D eigenvalue weighted by Gasteiger charge is -2.42. The number of ether oxygens (including phenoxy) is 2. The van der Waals surface area contributed by atoms with Gasteiger partial charge in [-0.1, -0.05) is 30.3 Å². The maximum atomic E-state index is 13.5. The number of hydrogen-bond acceptors (Lipinski definition) is 5. The number of fused-ring (bicyclic) bond motifs is 2. The van der Waals surface area contributed by atoms with Crippen molar-refractivity contribution in [3.8, 4) is 0 Å². The van der Waals surface area contributed by atoms with E-state index in [1.807, 2.05) is 37.3 Å². The fourth-order valence-electron chi connectivity index (χ4n) is 7.32. The summed E-state index contributed by atoms with van der Waals surface area (Å²) >= 11 is 0. The van der Waals surface area contributed by atoms with E-state index in [1.165, 1.54) is 0 Å². The number of benzene rings is 2. The molecular formula is C32H38F6N2O3. The number of rotatable bonds is 8. The highest BCUT2D eigenvalue weighted by molar-refractivity contribution is 5.76. The Morgan fingerprint density at radius 1 is 1.02 bits per heavy atom. The molecule has 3 aliphatic heterocycles. The minimum Gasteiger partial charge on any atom is -0.466 e. The number of nitrogens with zero attached hydrogens (tertiary/aromatic N) is 1. The van der Waals surface area contributed by atoms with Crippen LogP contribution in [0.1, 0.15) is 68.2 Å². The molecule has 0 aromatic heterocycles. The Labute approximate surface area is 247 Å². The number of piperidine rings is 2. The number of likely N-dealkylation sites (tertiary alicyclic amines) is 1. The molecule has 1 N–H and O–H groups in total. The molecule has 236 valence electrons. The van der Waals surface area contributed by atoms with Crippen molar-refractivity contribution < 1.29 is 40.6 Å². The first-order valence-electron chi connectivity index (χ1n) is 14.9. The smallest absolute Gasteiger partial charge is 0.416 e. The fourth-order valence-corrected chi connectivity index (χ4v) is 7.32. The largest absolute Gasteiger partial charge is 0.466 e. The highest BCUT2D eigenvalue weighted by atomic mass is 19.4. The summed E-state index contributed by atoms with van der Waals surface area (Å²) in [6.45, 7) is 5.94. The van der Waals surface area contributed by atoms with Crippen molar-refractivity contribution in [2.24, 2.45) is 11.3 Å². The van der Waals surface area contributed by atoms with Gasteiger partial charge >= 0.3 is 18.3 Å². The number of hydrogen-bond donors (Lipinski definition) is 1. The van der Waals surface area contributed by atoms with Gasteiger partial charge in [-0.2, -0.15) is 26.3 Å². The Morgan fingerprint density at radius 3 is 2.33 bits per heavy atom. The summed E-state index contributed by atoms with van der Waals surface area (Å²) in [7, 11) is 0. The Bertz CT molecular complexity index is 1250. The van der Waals surface area contributed by atoms with Crippen LogP contribution in [-0.2, 0) is 38.8 Å². The fraction of sp³-hybridized carbons (Fsp3) is 0.594. The molecule has 0 aliphatic carbocycles. The number of carbonyl (C=O) groups is 1. The summed E-state index contributed by atoms with van der Waals surface area (Å²) in [6.07, 6.45) is -6.61. The van der Waals surface area contributed by atoms with Crippen molar-refractivity contribution in [1.29, 1.82) is 0 Å². The lowest BCUT2D eigenvalue weighted by atomic mass is 9.79. The number of nitrogens with one attached hydrogen (secondary N) is 1. The molecule has 5 nitrogen and oxygen atoms in total. The molecule has 0 amide bonds. The van der Waals surface area contributed by atoms with Crippen LogP contribution in [0.15, 0.2) is 48.5 Å². The highest BCUT2D eigenvalue weighted by Crippen LogP contribution is 2.48. The van der Waals surface area contributed by atoms with E-state index in [4.69, 9.17) is 9.47 Å². The van der Waals surface area contributed by atoms with Crippen molar-refractivity contribution in [2.45, 2.75) is 82.6 Å². The molecule has 0 spiro atoms. The summed E-state index contributed by atoms with van der Waals surface area (Å²) in [5.74, 6) is 0.0317. The maximum Gasteiger partial charge on any atom is 0.416 e. The van der Waals surface area contributed by atoms with Crippen molar-refractivity contribution in [2.75, 3.05) is 26.2 Å². The molecule has 43 heavy (non-hydrogen) atoms. The van der Waals surface area contributed by atoms with E-state index in [0.29, 0.717) is 26.0 Å². The molecule has 0 radical (unpaired) electrons. The molecule has 3 saturated heterocycles. The second kappa shape index (κ2) is 12.0. The predicted molar refractivity (Wildman–Crippen MR) is 148 cm³/mol. The summed E-state index contributed by atoms with van der Waals surface area (Å²) in [5.41, 5.74) is -3.12. The molecule has 2 aromatic rings. The third kappa shape index (κ3) is 6.73. The Balaban J connectivity index is 1.36. The maximum absolute atomic E-state index is 13.5. The van der Waals surface area contributed by atoms with Gasteiger partial charge in [0.15, 0.2) is 0 Å². The zero-order valence-corrected chi connectivity index (χ0v) is 24.4. The van der Waals surface area contributed by atoms with Crippen molar-refractivity contribution in [1.82, 2.24) is 10.2 Å². The first-order chi connectivity index (χ1) is 20.2. The van der Waals surface area contributed by atoms with Gasteiger partial charge in [-0.25, -0.2) is 0 Å². The van der Waals surface area contributed by atoms with Crippen LogP contribution in [0.25, 0.3) is 0 Å². The van der Waals surface area contributed by atoms with Gasteiger partial charge in [0.1, 0.15) is 0 Å². The van der Waals surface area contributed by atoms with E-state index in [-0.39, 0.29) is 36.2 Å². The van der Waals surface area contributed by atoms with Gasteiger partial charge < -0.3 is 19.7 Å². The molecule has 5 rings (SSSR count). The molecule has 0 saturated carbocycles. The monoisotopic (exact) mass is 612 g/mol. The second-order valence-corrected chi connectivity index (χ2v) is 12.5. The van der Waals surface area contributed by atoms with Crippen LogP contribution in [0.5, 0.6) is 0 Å². The van der Waals surface area contributed by atoms with Crippen molar-refractivity contribution in [3.63, 3.8) is 0 Å². The summed E-state index contributed by atoms with van der Waals surface area (Å²) in [6, 6.07) is 11.5. The standard InChI is InChI=1S/C32H38F6N2O3/c1-3-42-28(41)29(2)12-7-13-40(20-29)18-22-17-30(23-8-5-4-6-9-23)27(11-10-26(22)39-30)43-19-21-14-24(31(33,34)35)16-25(15-21)32(36,37)38/h4-6,8-9,14-16,22,26-27,39H,3,7,10-13,17-20H2,1-2H3.